The van der Waals surface area contributed by atoms with E-state index in [1.54, 1.807) is 63.8 Å². The number of piperazine rings is 1. The lowest BCUT2D eigenvalue weighted by molar-refractivity contribution is -0.164. The van der Waals surface area contributed by atoms with Crippen LogP contribution in [0.5, 0.6) is 17.2 Å². The number of piperidine rings is 1. The number of anilines is 1. The molecule has 7 aliphatic rings. The number of ketones is 1. The summed E-state index contributed by atoms with van der Waals surface area (Å²) in [5.74, 6) is -7.50. The minimum Gasteiger partial charge on any atom is -0.507 e. The third-order valence-corrected chi connectivity index (χ3v) is 16.3. The summed E-state index contributed by atoms with van der Waals surface area (Å²) < 4.78 is 18.8. The van der Waals surface area contributed by atoms with E-state index in [-0.39, 0.29) is 61.6 Å². The molecule has 3 saturated heterocycles. The van der Waals surface area contributed by atoms with E-state index in [9.17, 15) is 39.6 Å². The van der Waals surface area contributed by atoms with Gasteiger partial charge in [-0.05, 0) is 57.1 Å². The van der Waals surface area contributed by atoms with Crippen LogP contribution < -0.4 is 20.8 Å². The molecule has 17 nitrogen and oxygen atoms in total. The van der Waals surface area contributed by atoms with Crippen LogP contribution in [0, 0.1) is 42.4 Å². The Morgan fingerprint density at radius 1 is 0.901 bits per heavy atom. The fourth-order valence-corrected chi connectivity index (χ4v) is 11.6. The molecular formula is C54H74N6O11. The minimum atomic E-state index is -1.95. The number of nitrogens with zero attached hydrogens (tertiary/aromatic N) is 5. The minimum absolute atomic E-state index is 0.0598. The number of carbonyl (C=O) groups excluding carboxylic acids is 4. The van der Waals surface area contributed by atoms with Crippen molar-refractivity contribution in [3.63, 3.8) is 0 Å². The number of esters is 1. The third kappa shape index (κ3) is 9.95. The molecular weight excluding hydrogens is 909 g/mol. The second-order valence-corrected chi connectivity index (χ2v) is 21.9. The number of aliphatic hydroxyl groups is 2. The van der Waals surface area contributed by atoms with Crippen LogP contribution in [0.3, 0.4) is 0 Å². The Labute approximate surface area is 416 Å². The van der Waals surface area contributed by atoms with Crippen LogP contribution in [-0.2, 0) is 23.9 Å². The number of likely N-dealkylation sites (tertiary alicyclic amines) is 1. The number of hydrogen-bond acceptors (Lipinski definition) is 15. The number of phenols is 2. The van der Waals surface area contributed by atoms with Crippen molar-refractivity contribution in [1.29, 1.82) is 0 Å². The molecule has 7 aliphatic heterocycles. The maximum absolute atomic E-state index is 14.9. The van der Waals surface area contributed by atoms with E-state index in [2.05, 4.69) is 34.0 Å². The Bertz CT molecular complexity index is 2670. The lowest BCUT2D eigenvalue weighted by atomic mass is 9.77. The summed E-state index contributed by atoms with van der Waals surface area (Å²) >= 11 is 0. The standard InChI is InChI=1S/C54H74N6O11/c1-28(2)26-58-20-17-54(18-21-58)56-42-39-40-47(65)35(9)50-41(39)51(67)53(10,71-50)69-24-16-29(3)32(6)49(70-38(62)25-37(61)60-23-22-59-19-12-15-36(59)27-60)34(8)46(64)33(7)45(63)30(4)13-11-14-31(5)52(68)55-44(48(40)66)43(42)57-54/h11,13-14,16,24,28-30,32-34,36,45-46,49,56,63-66H,12,15,17-23,25-27H2,1-10H3/b13-11+,24-16+,31-14-,55-44?/t29-,30-,32+,33+,34+,36?,45-,46+,49+,53-/m0/s1. The van der Waals surface area contributed by atoms with Gasteiger partial charge in [-0.3, -0.25) is 29.1 Å². The van der Waals surface area contributed by atoms with Crippen LogP contribution in [-0.4, -0.2) is 140 Å². The zero-order valence-corrected chi connectivity index (χ0v) is 43.0. The summed E-state index contributed by atoms with van der Waals surface area (Å²) in [6.07, 6.45) is 7.55. The van der Waals surface area contributed by atoms with Gasteiger partial charge in [-0.1, -0.05) is 66.7 Å². The maximum atomic E-state index is 14.9. The molecule has 5 N–H and O–H groups in total. The number of carbonyl (C=O) groups is 4. The molecule has 3 fully saturated rings. The van der Waals surface area contributed by atoms with Gasteiger partial charge in [0.1, 0.15) is 40.4 Å². The van der Waals surface area contributed by atoms with E-state index in [1.165, 1.54) is 13.2 Å². The van der Waals surface area contributed by atoms with Crippen LogP contribution in [0.2, 0.25) is 0 Å². The molecule has 71 heavy (non-hydrogen) atoms. The van der Waals surface area contributed by atoms with Crippen molar-refractivity contribution < 1.29 is 53.8 Å². The molecule has 2 amide bonds. The monoisotopic (exact) mass is 983 g/mol. The first kappa shape index (κ1) is 52.0. The number of aromatic hydroxyl groups is 2. The summed E-state index contributed by atoms with van der Waals surface area (Å²) in [5, 5.41) is 51.4. The van der Waals surface area contributed by atoms with Gasteiger partial charge in [0.25, 0.3) is 11.7 Å². The highest BCUT2D eigenvalue weighted by Crippen LogP contribution is 2.51. The molecule has 1 unspecified atom stereocenters. The van der Waals surface area contributed by atoms with Crippen molar-refractivity contribution in [3.05, 3.63) is 58.0 Å². The smallest absolute Gasteiger partial charge is 0.315 e. The second-order valence-electron chi connectivity index (χ2n) is 21.9. The van der Waals surface area contributed by atoms with Crippen molar-refractivity contribution in [3.8, 4) is 17.2 Å². The number of amides is 2. The largest absolute Gasteiger partial charge is 0.507 e. The SMILES string of the molecule is C/C1=C/C=C/[C@H](C)[C@H](O)[C@@H](C)[C@@H](O)[C@@H](C)[C@H](OC(=O)CC(=O)N2CCN3CCCC3C2)[C@H](C)[C@@H](C)/C=C/O[C@@]2(C)Oc3c(C)c(O)c4c(O)c(c5c(c4c3C2=O)NC2(CCN(CC(C)C)CC2)N=5)=NC1=O. The van der Waals surface area contributed by atoms with Gasteiger partial charge in [0.2, 0.25) is 5.91 Å². The fourth-order valence-electron chi connectivity index (χ4n) is 11.6. The Hall–Kier alpha value is -5.36. The van der Waals surface area contributed by atoms with E-state index >= 15 is 0 Å². The van der Waals surface area contributed by atoms with Gasteiger partial charge < -0.3 is 49.8 Å². The van der Waals surface area contributed by atoms with Crippen LogP contribution in [0.15, 0.2) is 46.1 Å². The van der Waals surface area contributed by atoms with Crippen molar-refractivity contribution >= 4 is 40.0 Å². The van der Waals surface area contributed by atoms with Gasteiger partial charge >= 0.3 is 11.8 Å². The molecule has 0 saturated carbocycles. The van der Waals surface area contributed by atoms with E-state index in [0.29, 0.717) is 37.5 Å². The summed E-state index contributed by atoms with van der Waals surface area (Å²) in [5.41, 5.74) is -0.119. The molecule has 17 heteroatoms. The molecule has 7 heterocycles. The Morgan fingerprint density at radius 3 is 2.32 bits per heavy atom. The number of aliphatic hydroxyl groups excluding tert-OH is 2. The first-order valence-corrected chi connectivity index (χ1v) is 25.6. The van der Waals surface area contributed by atoms with Gasteiger partial charge in [-0.25, -0.2) is 4.99 Å². The van der Waals surface area contributed by atoms with Crippen LogP contribution in [0.25, 0.3) is 10.8 Å². The lowest BCUT2D eigenvalue weighted by Gasteiger charge is -2.38. The van der Waals surface area contributed by atoms with Crippen molar-refractivity contribution in [2.24, 2.45) is 45.5 Å². The quantitative estimate of drug-likeness (QED) is 0.150. The van der Waals surface area contributed by atoms with Gasteiger partial charge in [0, 0.05) is 99.4 Å². The Kier molecular flexibility index (Phi) is 14.8. The summed E-state index contributed by atoms with van der Waals surface area (Å²) in [7, 11) is 0. The number of allylic oxidation sites excluding steroid dienone is 3. The van der Waals surface area contributed by atoms with Crippen molar-refractivity contribution in [2.45, 2.75) is 137 Å². The predicted octanol–water partition coefficient (Wildman–Crippen LogP) is 5.05. The van der Waals surface area contributed by atoms with Crippen LogP contribution in [0.1, 0.15) is 110 Å². The number of fused-ring (bicyclic) bond motifs is 14. The first-order chi connectivity index (χ1) is 33.5. The van der Waals surface area contributed by atoms with E-state index in [0.717, 1.165) is 45.6 Å². The Balaban J connectivity index is 1.17. The van der Waals surface area contributed by atoms with Gasteiger partial charge in [-0.15, -0.1) is 0 Å². The van der Waals surface area contributed by atoms with Gasteiger partial charge in [0.05, 0.1) is 35.1 Å². The van der Waals surface area contributed by atoms with Gasteiger partial charge in [0.15, 0.2) is 5.75 Å². The Morgan fingerprint density at radius 2 is 1.62 bits per heavy atom. The number of rotatable bonds is 5. The number of ether oxygens (including phenoxy) is 3. The molecule has 0 radical (unpaired) electrons. The molecule has 1 spiro atoms. The number of nitrogens with one attached hydrogen (secondary N) is 1. The highest BCUT2D eigenvalue weighted by Gasteiger charge is 2.51. The van der Waals surface area contributed by atoms with Crippen LogP contribution in [0.4, 0.5) is 5.69 Å². The molecule has 0 aliphatic carbocycles. The number of phenolic OH excluding ortho intramolecular Hbond substituents is 2. The predicted molar refractivity (Wildman–Crippen MR) is 266 cm³/mol. The summed E-state index contributed by atoms with van der Waals surface area (Å²) in [6, 6.07) is 0.285. The van der Waals surface area contributed by atoms with E-state index in [4.69, 9.17) is 19.2 Å². The average Bonchev–Trinajstić information content (AvgIpc) is 4.03. The molecule has 5 bridgehead atoms. The molecule has 386 valence electrons. The zero-order valence-electron chi connectivity index (χ0n) is 43.0. The lowest BCUT2D eigenvalue weighted by Crippen LogP contribution is -2.52. The normalized spacial score (nSPS) is 33.1. The molecule has 2 aromatic rings. The second kappa shape index (κ2) is 20.3. The topological polar surface area (TPSA) is 223 Å². The van der Waals surface area contributed by atoms with Gasteiger partial charge in [-0.2, -0.15) is 0 Å². The number of benzene rings is 2. The zero-order chi connectivity index (χ0) is 51.4. The third-order valence-electron chi connectivity index (χ3n) is 16.3. The maximum Gasteiger partial charge on any atom is 0.315 e. The molecule has 2 aromatic carbocycles. The van der Waals surface area contributed by atoms with E-state index in [1.807, 2.05) is 13.8 Å². The highest BCUT2D eigenvalue weighted by molar-refractivity contribution is 6.21. The van der Waals surface area contributed by atoms with Crippen molar-refractivity contribution in [1.82, 2.24) is 14.7 Å². The fraction of sp³-hybridized carbons (Fsp3) is 0.630. The first-order valence-electron chi connectivity index (χ1n) is 25.6. The number of Topliss-reactive ketones (excluding diaryl/α,β-unsaturated/α-hetero) is 1. The average molecular weight is 983 g/mol. The molecule has 10 atom stereocenters. The summed E-state index contributed by atoms with van der Waals surface area (Å²) in [6.45, 7) is 23.2. The van der Waals surface area contributed by atoms with Crippen molar-refractivity contribution in [2.75, 3.05) is 51.1 Å². The molecule has 0 aromatic heterocycles. The van der Waals surface area contributed by atoms with E-state index < -0.39 is 89.2 Å². The highest BCUT2D eigenvalue weighted by atomic mass is 16.7. The summed E-state index contributed by atoms with van der Waals surface area (Å²) in [4.78, 5) is 72.3. The number of hydrogen-bond donors (Lipinski definition) is 5. The molecule has 9 rings (SSSR count). The van der Waals surface area contributed by atoms with Crippen LogP contribution >= 0.6 is 0 Å².